The van der Waals surface area contributed by atoms with Crippen molar-refractivity contribution in [1.82, 2.24) is 14.8 Å². The summed E-state index contributed by atoms with van der Waals surface area (Å²) in [5.41, 5.74) is 7.69. The number of rotatable bonds is 4. The van der Waals surface area contributed by atoms with Gasteiger partial charge in [-0.1, -0.05) is 30.3 Å². The van der Waals surface area contributed by atoms with E-state index in [2.05, 4.69) is 51.6 Å². The number of piperazine rings is 1. The summed E-state index contributed by atoms with van der Waals surface area (Å²) in [6.07, 6.45) is 3.89. The van der Waals surface area contributed by atoms with Gasteiger partial charge in [-0.15, -0.1) is 0 Å². The fourth-order valence-corrected chi connectivity index (χ4v) is 5.80. The van der Waals surface area contributed by atoms with E-state index in [1.807, 2.05) is 41.4 Å². The van der Waals surface area contributed by atoms with Crippen LogP contribution in [0.2, 0.25) is 0 Å². The van der Waals surface area contributed by atoms with Crippen LogP contribution < -0.4 is 5.32 Å². The highest BCUT2D eigenvalue weighted by Crippen LogP contribution is 2.47. The zero-order valence-corrected chi connectivity index (χ0v) is 20.0. The van der Waals surface area contributed by atoms with Gasteiger partial charge in [0.1, 0.15) is 0 Å². The summed E-state index contributed by atoms with van der Waals surface area (Å²) in [7, 11) is 0. The second-order valence-corrected chi connectivity index (χ2v) is 10.2. The zero-order valence-electron chi connectivity index (χ0n) is 20.0. The average Bonchev–Trinajstić information content (AvgIpc) is 3.58. The van der Waals surface area contributed by atoms with Gasteiger partial charge < -0.3 is 15.2 Å². The lowest BCUT2D eigenvalue weighted by atomic mass is 10.0. The van der Waals surface area contributed by atoms with Crippen LogP contribution in [0.1, 0.15) is 40.4 Å². The molecule has 2 amide bonds. The molecule has 3 aliphatic rings. The SMILES string of the molecule is O=C(Nc1ccc2c(c1)C(N1CCN(C(=O)c3ccc4[nH]ccc4c3)CC1)c1ccccc1-2)C1CC1. The summed E-state index contributed by atoms with van der Waals surface area (Å²) >= 11 is 0. The van der Waals surface area contributed by atoms with Crippen LogP contribution in [0, 0.1) is 5.92 Å². The maximum atomic E-state index is 13.3. The number of nitrogens with one attached hydrogen (secondary N) is 2. The van der Waals surface area contributed by atoms with E-state index >= 15 is 0 Å². The predicted molar refractivity (Wildman–Crippen MR) is 141 cm³/mol. The minimum atomic E-state index is 0.0926. The molecule has 1 aliphatic heterocycles. The van der Waals surface area contributed by atoms with Crippen molar-refractivity contribution in [2.24, 2.45) is 5.92 Å². The van der Waals surface area contributed by atoms with Crippen LogP contribution in [0.5, 0.6) is 0 Å². The van der Waals surface area contributed by atoms with Crippen LogP contribution in [0.3, 0.4) is 0 Å². The van der Waals surface area contributed by atoms with Crippen LogP contribution >= 0.6 is 0 Å². The smallest absolute Gasteiger partial charge is 0.253 e. The van der Waals surface area contributed by atoms with Crippen molar-refractivity contribution < 1.29 is 9.59 Å². The van der Waals surface area contributed by atoms with Crippen molar-refractivity contribution in [2.75, 3.05) is 31.5 Å². The van der Waals surface area contributed by atoms with E-state index in [1.54, 1.807) is 0 Å². The molecule has 2 heterocycles. The van der Waals surface area contributed by atoms with E-state index in [0.29, 0.717) is 13.1 Å². The second-order valence-electron chi connectivity index (χ2n) is 10.2. The van der Waals surface area contributed by atoms with Gasteiger partial charge in [0.2, 0.25) is 5.91 Å². The number of hydrogen-bond acceptors (Lipinski definition) is 3. The standard InChI is InChI=1S/C30H28N4O2/c35-29(19-5-6-19)32-22-8-9-24-23-3-1-2-4-25(23)28(26(24)18-22)33-13-15-34(16-14-33)30(36)21-7-10-27-20(17-21)11-12-31-27/h1-4,7-12,17-19,28,31H,5-6,13-16H2,(H,32,35). The first-order valence-corrected chi connectivity index (χ1v) is 12.8. The molecular weight excluding hydrogens is 448 g/mol. The van der Waals surface area contributed by atoms with Gasteiger partial charge in [-0.2, -0.15) is 0 Å². The molecule has 4 aromatic rings. The molecule has 1 unspecified atom stereocenters. The number of carbonyl (C=O) groups excluding carboxylic acids is 2. The predicted octanol–water partition coefficient (Wildman–Crippen LogP) is 5.04. The van der Waals surface area contributed by atoms with Crippen LogP contribution in [0.15, 0.2) is 72.9 Å². The van der Waals surface area contributed by atoms with E-state index in [1.165, 1.54) is 22.3 Å². The van der Waals surface area contributed by atoms with Crippen molar-refractivity contribution in [1.29, 1.82) is 0 Å². The molecule has 6 heteroatoms. The number of aromatic nitrogens is 1. The minimum Gasteiger partial charge on any atom is -0.361 e. The number of hydrogen-bond donors (Lipinski definition) is 2. The molecule has 36 heavy (non-hydrogen) atoms. The van der Waals surface area contributed by atoms with E-state index < -0.39 is 0 Å². The molecule has 1 saturated heterocycles. The topological polar surface area (TPSA) is 68.4 Å². The highest BCUT2D eigenvalue weighted by atomic mass is 16.2. The molecule has 2 fully saturated rings. The first-order valence-electron chi connectivity index (χ1n) is 12.8. The van der Waals surface area contributed by atoms with E-state index in [0.717, 1.165) is 48.1 Å². The van der Waals surface area contributed by atoms with Gasteiger partial charge in [0.15, 0.2) is 0 Å². The van der Waals surface area contributed by atoms with Crippen LogP contribution in [0.4, 0.5) is 5.69 Å². The Balaban J connectivity index is 1.13. The summed E-state index contributed by atoms with van der Waals surface area (Å²) in [5, 5.41) is 4.18. The third-order valence-electron chi connectivity index (χ3n) is 7.87. The van der Waals surface area contributed by atoms with Gasteiger partial charge in [0.05, 0.1) is 6.04 Å². The summed E-state index contributed by atoms with van der Waals surface area (Å²) in [6.45, 7) is 2.98. The fourth-order valence-electron chi connectivity index (χ4n) is 5.80. The van der Waals surface area contributed by atoms with E-state index in [9.17, 15) is 9.59 Å². The summed E-state index contributed by atoms with van der Waals surface area (Å²) in [6, 6.07) is 22.9. The Labute approximate surface area is 209 Å². The quantitative estimate of drug-likeness (QED) is 0.433. The van der Waals surface area contributed by atoms with Crippen LogP contribution in [-0.2, 0) is 4.79 Å². The number of benzene rings is 3. The first-order chi connectivity index (χ1) is 17.7. The van der Waals surface area contributed by atoms with Crippen LogP contribution in [0.25, 0.3) is 22.0 Å². The largest absolute Gasteiger partial charge is 0.361 e. The molecule has 3 aromatic carbocycles. The lowest BCUT2D eigenvalue weighted by Crippen LogP contribution is -2.49. The highest BCUT2D eigenvalue weighted by Gasteiger charge is 2.36. The molecule has 1 saturated carbocycles. The molecule has 2 aliphatic carbocycles. The Morgan fingerprint density at radius 2 is 1.64 bits per heavy atom. The molecule has 0 radical (unpaired) electrons. The van der Waals surface area contributed by atoms with E-state index in [4.69, 9.17) is 0 Å². The van der Waals surface area contributed by atoms with Gasteiger partial charge in [0.25, 0.3) is 5.91 Å². The highest BCUT2D eigenvalue weighted by molar-refractivity contribution is 5.98. The molecule has 2 N–H and O–H groups in total. The maximum Gasteiger partial charge on any atom is 0.253 e. The normalized spacial score (nSPS) is 19.2. The number of fused-ring (bicyclic) bond motifs is 4. The summed E-state index contributed by atoms with van der Waals surface area (Å²) in [4.78, 5) is 33.3. The van der Waals surface area contributed by atoms with Gasteiger partial charge in [0, 0.05) is 60.4 Å². The van der Waals surface area contributed by atoms with Crippen molar-refractivity contribution in [3.05, 3.63) is 89.6 Å². The fraction of sp³-hybridized carbons (Fsp3) is 0.267. The minimum absolute atomic E-state index is 0.0926. The van der Waals surface area contributed by atoms with Gasteiger partial charge in [-0.05, 0) is 71.5 Å². The Bertz CT molecular complexity index is 1490. The third-order valence-corrected chi connectivity index (χ3v) is 7.87. The molecule has 1 aromatic heterocycles. The second kappa shape index (κ2) is 8.35. The Kier molecular flexibility index (Phi) is 4.96. The number of carbonyl (C=O) groups is 2. The lowest BCUT2D eigenvalue weighted by molar-refractivity contribution is -0.117. The third kappa shape index (κ3) is 3.60. The molecular formula is C30H28N4O2. The molecule has 1 atom stereocenters. The Morgan fingerprint density at radius 3 is 2.47 bits per heavy atom. The molecule has 0 spiro atoms. The maximum absolute atomic E-state index is 13.3. The number of H-pyrrole nitrogens is 1. The number of anilines is 1. The van der Waals surface area contributed by atoms with Crippen molar-refractivity contribution in [3.8, 4) is 11.1 Å². The first kappa shape index (κ1) is 21.4. The van der Waals surface area contributed by atoms with Crippen LogP contribution in [-0.4, -0.2) is 52.8 Å². The number of nitrogens with zero attached hydrogens (tertiary/aromatic N) is 2. The van der Waals surface area contributed by atoms with Gasteiger partial charge >= 0.3 is 0 Å². The number of amides is 2. The lowest BCUT2D eigenvalue weighted by Gasteiger charge is -2.38. The molecule has 7 rings (SSSR count). The molecule has 180 valence electrons. The summed E-state index contributed by atoms with van der Waals surface area (Å²) in [5.74, 6) is 0.400. The number of aromatic amines is 1. The van der Waals surface area contributed by atoms with Crippen molar-refractivity contribution in [3.63, 3.8) is 0 Å². The van der Waals surface area contributed by atoms with Crippen molar-refractivity contribution >= 4 is 28.4 Å². The summed E-state index contributed by atoms with van der Waals surface area (Å²) < 4.78 is 0. The molecule has 0 bridgehead atoms. The Hall–Kier alpha value is -3.90. The monoisotopic (exact) mass is 476 g/mol. The van der Waals surface area contributed by atoms with E-state index in [-0.39, 0.29) is 23.8 Å². The average molecular weight is 477 g/mol. The van der Waals surface area contributed by atoms with Gasteiger partial charge in [-0.25, -0.2) is 0 Å². The zero-order chi connectivity index (χ0) is 24.2. The molecule has 6 nitrogen and oxygen atoms in total. The Morgan fingerprint density at radius 1 is 0.833 bits per heavy atom. The van der Waals surface area contributed by atoms with Crippen molar-refractivity contribution in [2.45, 2.75) is 18.9 Å². The van der Waals surface area contributed by atoms with Gasteiger partial charge in [-0.3, -0.25) is 14.5 Å².